The minimum atomic E-state index is -4.80. The molecule has 9 heavy (non-hydrogen) atoms. The maximum absolute atomic E-state index is 9.54. The zero-order valence-electron chi connectivity index (χ0n) is 4.47. The Morgan fingerprint density at radius 3 is 1.89 bits per heavy atom. The SMILES string of the molecule is O=[Si]([O-])OP(=O)(O)O.[K+]. The van der Waals surface area contributed by atoms with Crippen LogP contribution in [0.2, 0.25) is 0 Å². The summed E-state index contributed by atoms with van der Waals surface area (Å²) in [5, 5.41) is 0. The van der Waals surface area contributed by atoms with Crippen LogP contribution in [0.1, 0.15) is 0 Å². The van der Waals surface area contributed by atoms with E-state index in [0.717, 1.165) is 0 Å². The van der Waals surface area contributed by atoms with Gasteiger partial charge in [-0.15, -0.1) is 0 Å². The van der Waals surface area contributed by atoms with E-state index in [-0.39, 0.29) is 51.4 Å². The molecule has 48 valence electrons. The van der Waals surface area contributed by atoms with Crippen molar-refractivity contribution >= 4 is 17.0 Å². The van der Waals surface area contributed by atoms with Crippen LogP contribution in [0.3, 0.4) is 0 Å². The van der Waals surface area contributed by atoms with Crippen molar-refractivity contribution in [3.05, 3.63) is 0 Å². The van der Waals surface area contributed by atoms with Gasteiger partial charge in [-0.25, -0.2) is 4.57 Å². The fourth-order valence-corrected chi connectivity index (χ4v) is 0.874. The summed E-state index contributed by atoms with van der Waals surface area (Å²) in [5.41, 5.74) is 0. The van der Waals surface area contributed by atoms with Gasteiger partial charge in [-0.1, -0.05) is 0 Å². The van der Waals surface area contributed by atoms with E-state index in [9.17, 15) is 13.8 Å². The van der Waals surface area contributed by atoms with Crippen molar-refractivity contribution in [2.24, 2.45) is 0 Å². The second-order valence-corrected chi connectivity index (χ2v) is 3.04. The Kier molecular flexibility index (Phi) is 7.39. The quantitative estimate of drug-likeness (QED) is 0.338. The fourth-order valence-electron chi connectivity index (χ4n) is 0.0971. The molecule has 0 bridgehead atoms. The predicted molar refractivity (Wildman–Crippen MR) is 19.6 cm³/mol. The van der Waals surface area contributed by atoms with E-state index in [4.69, 9.17) is 9.79 Å². The molecule has 0 aliphatic carbocycles. The molecule has 0 aromatic rings. The maximum Gasteiger partial charge on any atom is 1.00 e. The Bertz CT molecular complexity index is 136. The van der Waals surface area contributed by atoms with Crippen molar-refractivity contribution in [3.8, 4) is 0 Å². The summed E-state index contributed by atoms with van der Waals surface area (Å²) in [6.45, 7) is 0. The Labute approximate surface area is 94.8 Å². The van der Waals surface area contributed by atoms with Crippen molar-refractivity contribution < 1.29 is 79.2 Å². The van der Waals surface area contributed by atoms with Gasteiger partial charge < -0.3 is 23.3 Å². The molecule has 0 radical (unpaired) electrons. The van der Waals surface area contributed by atoms with Crippen LogP contribution in [0.4, 0.5) is 0 Å². The minimum Gasteiger partial charge on any atom is -0.499 e. The van der Waals surface area contributed by atoms with Gasteiger partial charge in [0.25, 0.3) is 0 Å². The monoisotopic (exact) mass is 196 g/mol. The van der Waals surface area contributed by atoms with Crippen molar-refractivity contribution in [1.82, 2.24) is 0 Å². The molecule has 0 amide bonds. The predicted octanol–water partition coefficient (Wildman–Crippen LogP) is -5.12. The maximum atomic E-state index is 9.54. The van der Waals surface area contributed by atoms with Gasteiger partial charge in [-0.05, 0) is 0 Å². The van der Waals surface area contributed by atoms with Gasteiger partial charge in [0.05, 0.1) is 0 Å². The molecular weight excluding hydrogens is 194 g/mol. The molecule has 0 saturated heterocycles. The second-order valence-electron chi connectivity index (χ2n) is 0.832. The van der Waals surface area contributed by atoms with Gasteiger partial charge in [-0.3, -0.25) is 0 Å². The normalized spacial score (nSPS) is 9.56. The fraction of sp³-hybridized carbons (Fsp3) is 0. The first kappa shape index (κ1) is 13.0. The molecule has 0 fully saturated rings. The molecule has 0 aromatic heterocycles. The molecular formula is H2KO6PSi. The van der Waals surface area contributed by atoms with Gasteiger partial charge in [0.15, 0.2) is 0 Å². The van der Waals surface area contributed by atoms with Crippen LogP contribution in [-0.4, -0.2) is 19.0 Å². The van der Waals surface area contributed by atoms with E-state index >= 15 is 0 Å². The van der Waals surface area contributed by atoms with E-state index in [0.29, 0.717) is 0 Å². The van der Waals surface area contributed by atoms with Gasteiger partial charge in [0.2, 0.25) is 0 Å². The molecule has 0 rings (SSSR count). The van der Waals surface area contributed by atoms with Crippen LogP contribution in [0.15, 0.2) is 0 Å². The Morgan fingerprint density at radius 1 is 1.56 bits per heavy atom. The molecule has 0 heterocycles. The smallest absolute Gasteiger partial charge is 0.499 e. The molecule has 0 unspecified atom stereocenters. The molecule has 0 spiro atoms. The van der Waals surface area contributed by atoms with Gasteiger partial charge in [-0.2, -0.15) is 0 Å². The van der Waals surface area contributed by atoms with E-state index in [1.165, 1.54) is 0 Å². The molecule has 0 aromatic carbocycles. The first-order valence-electron chi connectivity index (χ1n) is 1.38. The third-order valence-electron chi connectivity index (χ3n) is 0.193. The summed E-state index contributed by atoms with van der Waals surface area (Å²) in [7, 11) is -8.56. The van der Waals surface area contributed by atoms with Crippen molar-refractivity contribution in [1.29, 1.82) is 0 Å². The summed E-state index contributed by atoms with van der Waals surface area (Å²) in [5.74, 6) is 0. The summed E-state index contributed by atoms with van der Waals surface area (Å²) < 4.78 is 22.0. The molecule has 0 saturated carbocycles. The summed E-state index contributed by atoms with van der Waals surface area (Å²) >= 11 is 0. The zero-order valence-corrected chi connectivity index (χ0v) is 9.49. The average molecular weight is 196 g/mol. The minimum absolute atomic E-state index is 0. The summed E-state index contributed by atoms with van der Waals surface area (Å²) in [4.78, 5) is 24.8. The molecule has 0 atom stereocenters. The third-order valence-corrected chi connectivity index (χ3v) is 1.74. The van der Waals surface area contributed by atoms with Gasteiger partial charge in [0.1, 0.15) is 0 Å². The van der Waals surface area contributed by atoms with Crippen LogP contribution >= 0.6 is 7.82 Å². The van der Waals surface area contributed by atoms with Crippen LogP contribution < -0.4 is 56.2 Å². The van der Waals surface area contributed by atoms with Crippen LogP contribution in [0.25, 0.3) is 0 Å². The van der Waals surface area contributed by atoms with E-state index in [1.807, 2.05) is 0 Å². The average Bonchev–Trinajstić information content (AvgIpc) is 1.21. The van der Waals surface area contributed by atoms with Gasteiger partial charge in [0, 0.05) is 0 Å². The van der Waals surface area contributed by atoms with E-state index in [1.54, 1.807) is 0 Å². The first-order valence-corrected chi connectivity index (χ1v) is 4.13. The van der Waals surface area contributed by atoms with Crippen molar-refractivity contribution in [2.45, 2.75) is 0 Å². The topological polar surface area (TPSA) is 107 Å². The third kappa shape index (κ3) is 12.6. The molecule has 9 heteroatoms. The van der Waals surface area contributed by atoms with E-state index in [2.05, 4.69) is 4.21 Å². The Morgan fingerprint density at radius 2 is 1.89 bits per heavy atom. The second kappa shape index (κ2) is 5.11. The first-order chi connectivity index (χ1) is 3.42. The standard InChI is InChI=1S/K.H2O6PSi/c;1-7(2,3)6-8(4)5/h;(H2,1,2,3)/q+1;-1. The van der Waals surface area contributed by atoms with Crippen molar-refractivity contribution in [3.63, 3.8) is 0 Å². The largest absolute Gasteiger partial charge is 1.00 e. The Hall–Kier alpha value is 1.40. The van der Waals surface area contributed by atoms with Crippen LogP contribution in [-0.2, 0) is 13.2 Å². The van der Waals surface area contributed by atoms with Crippen LogP contribution in [0.5, 0.6) is 0 Å². The summed E-state index contributed by atoms with van der Waals surface area (Å²) in [6, 6.07) is 0. The number of phosphoric acid groups is 1. The Balaban J connectivity index is 0. The number of hydrogen-bond acceptors (Lipinski definition) is 4. The molecule has 2 N–H and O–H groups in total. The molecule has 6 nitrogen and oxygen atoms in total. The summed E-state index contributed by atoms with van der Waals surface area (Å²) in [6.07, 6.45) is 0. The van der Waals surface area contributed by atoms with E-state index < -0.39 is 17.0 Å². The van der Waals surface area contributed by atoms with Crippen LogP contribution in [0, 0.1) is 0 Å². The molecule has 0 aliphatic rings. The number of rotatable bonds is 2. The van der Waals surface area contributed by atoms with Gasteiger partial charge >= 0.3 is 68.4 Å². The zero-order chi connectivity index (χ0) is 6.78. The van der Waals surface area contributed by atoms with Crippen molar-refractivity contribution in [2.75, 3.05) is 0 Å². The molecule has 0 aliphatic heterocycles. The number of hydrogen-bond donors (Lipinski definition) is 2.